The van der Waals surface area contributed by atoms with Crippen LogP contribution in [0.5, 0.6) is 0 Å². The Morgan fingerprint density at radius 3 is 2.42 bits per heavy atom. The van der Waals surface area contributed by atoms with E-state index in [1.165, 1.54) is 6.07 Å². The van der Waals surface area contributed by atoms with Gasteiger partial charge in [0.15, 0.2) is 0 Å². The zero-order valence-electron chi connectivity index (χ0n) is 10.6. The van der Waals surface area contributed by atoms with E-state index in [9.17, 15) is 17.6 Å². The van der Waals surface area contributed by atoms with Crippen molar-refractivity contribution in [2.75, 3.05) is 0 Å². The molecule has 0 spiro atoms. The quantitative estimate of drug-likeness (QED) is 0.851. The molecule has 0 bridgehead atoms. The molecule has 4 nitrogen and oxygen atoms in total. The summed E-state index contributed by atoms with van der Waals surface area (Å²) in [4.78, 5) is 11.2. The van der Waals surface area contributed by atoms with Gasteiger partial charge >= 0.3 is 0 Å². The average Bonchev–Trinajstić information content (AvgIpc) is 2.34. The Balaban J connectivity index is 3.06. The number of halogens is 2. The van der Waals surface area contributed by atoms with Gasteiger partial charge in [-0.05, 0) is 31.0 Å². The molecule has 0 aliphatic heterocycles. The van der Waals surface area contributed by atoms with Crippen molar-refractivity contribution < 1.29 is 17.6 Å². The highest BCUT2D eigenvalue weighted by molar-refractivity contribution is 8.13. The Morgan fingerprint density at radius 1 is 1.37 bits per heavy atom. The predicted molar refractivity (Wildman–Crippen MR) is 71.3 cm³/mol. The lowest BCUT2D eigenvalue weighted by Crippen LogP contribution is -2.33. The Kier molecular flexibility index (Phi) is 5.31. The molecule has 1 rings (SSSR count). The molecular weight excluding hydrogens is 293 g/mol. The second kappa shape index (κ2) is 6.34. The molecule has 0 atom stereocenters. The van der Waals surface area contributed by atoms with Crippen LogP contribution in [0.2, 0.25) is 0 Å². The number of carbonyl (C=O) groups excluding carboxylic acids is 1. The maximum atomic E-state index is 13.3. The topological polar surface area (TPSA) is 63.2 Å². The Labute approximate surface area is 116 Å². The van der Waals surface area contributed by atoms with Crippen molar-refractivity contribution in [3.8, 4) is 0 Å². The molecule has 7 heteroatoms. The predicted octanol–water partition coefficient (Wildman–Crippen LogP) is 2.67. The van der Waals surface area contributed by atoms with Gasteiger partial charge in [-0.3, -0.25) is 4.79 Å². The highest BCUT2D eigenvalue weighted by Crippen LogP contribution is 2.20. The maximum absolute atomic E-state index is 13.3. The van der Waals surface area contributed by atoms with Crippen LogP contribution in [-0.4, -0.2) is 20.4 Å². The van der Waals surface area contributed by atoms with Gasteiger partial charge in [0.2, 0.25) is 0 Å². The first kappa shape index (κ1) is 15.9. The minimum atomic E-state index is -4.21. The van der Waals surface area contributed by atoms with Gasteiger partial charge in [0.1, 0.15) is 10.7 Å². The first-order valence-electron chi connectivity index (χ1n) is 5.84. The highest BCUT2D eigenvalue weighted by Gasteiger charge is 2.19. The van der Waals surface area contributed by atoms with E-state index in [1.54, 1.807) is 0 Å². The fourth-order valence-corrected chi connectivity index (χ4v) is 2.52. The highest BCUT2D eigenvalue weighted by atomic mass is 35.7. The molecule has 0 aliphatic carbocycles. The molecule has 0 heterocycles. The number of carbonyl (C=O) groups is 1. The van der Waals surface area contributed by atoms with E-state index in [0.717, 1.165) is 25.0 Å². The Bertz CT molecular complexity index is 570. The molecule has 1 amide bonds. The molecule has 0 aromatic heterocycles. The standard InChI is InChI=1S/C12H15ClFNO3S/c1-3-9(4-2)15-12(16)8-5-6-10(14)11(7-8)19(13,17)18/h5-7,9H,3-4H2,1-2H3,(H,15,16). The summed E-state index contributed by atoms with van der Waals surface area (Å²) < 4.78 is 35.6. The van der Waals surface area contributed by atoms with Crippen molar-refractivity contribution in [1.82, 2.24) is 5.32 Å². The number of benzene rings is 1. The Morgan fingerprint density at radius 2 is 1.95 bits per heavy atom. The Hall–Kier alpha value is -1.14. The van der Waals surface area contributed by atoms with Crippen molar-refractivity contribution >= 4 is 25.6 Å². The van der Waals surface area contributed by atoms with Gasteiger partial charge in [0.05, 0.1) is 0 Å². The van der Waals surface area contributed by atoms with Crippen molar-refractivity contribution in [2.24, 2.45) is 0 Å². The molecular formula is C12H15ClFNO3S. The van der Waals surface area contributed by atoms with Gasteiger partial charge in [0.25, 0.3) is 15.0 Å². The molecule has 0 unspecified atom stereocenters. The number of hydrogen-bond donors (Lipinski definition) is 1. The molecule has 0 aliphatic rings. The molecule has 1 aromatic carbocycles. The van der Waals surface area contributed by atoms with Crippen LogP contribution < -0.4 is 5.32 Å². The second-order valence-electron chi connectivity index (χ2n) is 4.07. The minimum absolute atomic E-state index is 0.00592. The third kappa shape index (κ3) is 4.18. The zero-order chi connectivity index (χ0) is 14.6. The van der Waals surface area contributed by atoms with Crippen LogP contribution in [0.3, 0.4) is 0 Å². The van der Waals surface area contributed by atoms with Gasteiger partial charge in [-0.25, -0.2) is 12.8 Å². The molecule has 1 aromatic rings. The largest absolute Gasteiger partial charge is 0.349 e. The van der Waals surface area contributed by atoms with Gasteiger partial charge in [-0.15, -0.1) is 0 Å². The van der Waals surface area contributed by atoms with Gasteiger partial charge in [-0.2, -0.15) is 0 Å². The fourth-order valence-electron chi connectivity index (χ4n) is 1.59. The van der Waals surface area contributed by atoms with E-state index in [-0.39, 0.29) is 11.6 Å². The van der Waals surface area contributed by atoms with Crippen LogP contribution in [0.25, 0.3) is 0 Å². The van der Waals surface area contributed by atoms with Crippen LogP contribution >= 0.6 is 10.7 Å². The van der Waals surface area contributed by atoms with Crippen molar-refractivity contribution in [3.63, 3.8) is 0 Å². The lowest BCUT2D eigenvalue weighted by Gasteiger charge is -2.14. The monoisotopic (exact) mass is 307 g/mol. The normalized spacial score (nSPS) is 11.6. The fraction of sp³-hybridized carbons (Fsp3) is 0.417. The van der Waals surface area contributed by atoms with Gasteiger partial charge in [0, 0.05) is 22.3 Å². The van der Waals surface area contributed by atoms with E-state index in [2.05, 4.69) is 5.32 Å². The van der Waals surface area contributed by atoms with E-state index < -0.39 is 25.7 Å². The lowest BCUT2D eigenvalue weighted by atomic mass is 10.1. The maximum Gasteiger partial charge on any atom is 0.264 e. The molecule has 0 saturated carbocycles. The SMILES string of the molecule is CCC(CC)NC(=O)c1ccc(F)c(S(=O)(=O)Cl)c1. The van der Waals surface area contributed by atoms with E-state index in [4.69, 9.17) is 10.7 Å². The van der Waals surface area contributed by atoms with Crippen LogP contribution in [0, 0.1) is 5.82 Å². The van der Waals surface area contributed by atoms with Crippen molar-refractivity contribution in [2.45, 2.75) is 37.6 Å². The third-order valence-electron chi connectivity index (χ3n) is 2.78. The second-order valence-corrected chi connectivity index (χ2v) is 6.60. The summed E-state index contributed by atoms with van der Waals surface area (Å²) in [5.41, 5.74) is 0.0625. The number of rotatable bonds is 5. The van der Waals surface area contributed by atoms with Gasteiger partial charge in [-0.1, -0.05) is 13.8 Å². The average molecular weight is 308 g/mol. The molecule has 106 valence electrons. The van der Waals surface area contributed by atoms with E-state index in [1.807, 2.05) is 13.8 Å². The summed E-state index contributed by atoms with van der Waals surface area (Å²) in [6.07, 6.45) is 1.51. The number of nitrogens with one attached hydrogen (secondary N) is 1. The van der Waals surface area contributed by atoms with E-state index in [0.29, 0.717) is 0 Å². The number of hydrogen-bond acceptors (Lipinski definition) is 3. The molecule has 19 heavy (non-hydrogen) atoms. The van der Waals surface area contributed by atoms with Crippen LogP contribution in [-0.2, 0) is 9.05 Å². The summed E-state index contributed by atoms with van der Waals surface area (Å²) in [5, 5.41) is 2.73. The van der Waals surface area contributed by atoms with Crippen LogP contribution in [0.4, 0.5) is 4.39 Å². The molecule has 0 saturated heterocycles. The van der Waals surface area contributed by atoms with Crippen molar-refractivity contribution in [3.05, 3.63) is 29.6 Å². The summed E-state index contributed by atoms with van der Waals surface area (Å²) in [6, 6.07) is 3.07. The van der Waals surface area contributed by atoms with Crippen molar-refractivity contribution in [1.29, 1.82) is 0 Å². The smallest absolute Gasteiger partial charge is 0.264 e. The first-order chi connectivity index (χ1) is 8.79. The minimum Gasteiger partial charge on any atom is -0.349 e. The van der Waals surface area contributed by atoms with E-state index >= 15 is 0 Å². The van der Waals surface area contributed by atoms with Gasteiger partial charge < -0.3 is 5.32 Å². The van der Waals surface area contributed by atoms with Crippen LogP contribution in [0.1, 0.15) is 37.0 Å². The summed E-state index contributed by atoms with van der Waals surface area (Å²) >= 11 is 0. The number of amides is 1. The summed E-state index contributed by atoms with van der Waals surface area (Å²) in [5.74, 6) is -1.43. The van der Waals surface area contributed by atoms with Crippen LogP contribution in [0.15, 0.2) is 23.1 Å². The zero-order valence-corrected chi connectivity index (χ0v) is 12.2. The third-order valence-corrected chi connectivity index (χ3v) is 4.11. The molecule has 0 radical (unpaired) electrons. The summed E-state index contributed by atoms with van der Waals surface area (Å²) in [7, 11) is 0.889. The first-order valence-corrected chi connectivity index (χ1v) is 8.15. The molecule has 1 N–H and O–H groups in total. The molecule has 0 fully saturated rings. The summed E-state index contributed by atoms with van der Waals surface area (Å²) in [6.45, 7) is 3.85. The lowest BCUT2D eigenvalue weighted by molar-refractivity contribution is 0.0934.